The topological polar surface area (TPSA) is 45.8 Å². The van der Waals surface area contributed by atoms with E-state index in [9.17, 15) is 9.18 Å². The number of H-pyrrole nitrogens is 1. The summed E-state index contributed by atoms with van der Waals surface area (Å²) in [6.07, 6.45) is 0. The standard InChI is InChI=1S/C15H16FIN2O/c1-8-7-9(5-6-10(8)16)13-18-12(15(2,3)4)11(17)14(20)19-13/h5-7H,1-4H3,(H,18,19,20). The van der Waals surface area contributed by atoms with Crippen LogP contribution in [0.4, 0.5) is 4.39 Å². The van der Waals surface area contributed by atoms with Crippen LogP contribution in [-0.2, 0) is 5.41 Å². The first kappa shape index (κ1) is 15.2. The van der Waals surface area contributed by atoms with E-state index in [4.69, 9.17) is 0 Å². The van der Waals surface area contributed by atoms with Crippen molar-refractivity contribution in [1.29, 1.82) is 0 Å². The summed E-state index contributed by atoms with van der Waals surface area (Å²) in [6, 6.07) is 4.70. The third kappa shape index (κ3) is 2.92. The van der Waals surface area contributed by atoms with Crippen molar-refractivity contribution in [2.24, 2.45) is 0 Å². The van der Waals surface area contributed by atoms with Crippen molar-refractivity contribution < 1.29 is 4.39 Å². The normalized spacial score (nSPS) is 11.7. The molecule has 5 heteroatoms. The lowest BCUT2D eigenvalue weighted by atomic mass is 9.92. The Bertz CT molecular complexity index is 717. The number of halogens is 2. The summed E-state index contributed by atoms with van der Waals surface area (Å²) in [7, 11) is 0. The predicted octanol–water partition coefficient (Wildman–Crippen LogP) is 3.79. The quantitative estimate of drug-likeness (QED) is 0.759. The van der Waals surface area contributed by atoms with Gasteiger partial charge in [0.15, 0.2) is 0 Å². The van der Waals surface area contributed by atoms with Gasteiger partial charge in [0.2, 0.25) is 0 Å². The molecule has 1 aromatic carbocycles. The molecule has 1 N–H and O–H groups in total. The Morgan fingerprint density at radius 1 is 1.30 bits per heavy atom. The molecule has 106 valence electrons. The molecule has 0 spiro atoms. The van der Waals surface area contributed by atoms with Gasteiger partial charge in [-0.1, -0.05) is 20.8 Å². The van der Waals surface area contributed by atoms with Crippen LogP contribution in [0.2, 0.25) is 0 Å². The van der Waals surface area contributed by atoms with E-state index in [0.29, 0.717) is 20.5 Å². The van der Waals surface area contributed by atoms with Gasteiger partial charge in [0.1, 0.15) is 15.2 Å². The monoisotopic (exact) mass is 386 g/mol. The number of hydrogen-bond donors (Lipinski definition) is 1. The second-order valence-corrected chi connectivity index (χ2v) is 6.87. The first-order valence-corrected chi connectivity index (χ1v) is 7.35. The molecule has 0 fully saturated rings. The van der Waals surface area contributed by atoms with Crippen molar-refractivity contribution >= 4 is 22.6 Å². The molecule has 3 nitrogen and oxygen atoms in total. The van der Waals surface area contributed by atoms with E-state index < -0.39 is 0 Å². The van der Waals surface area contributed by atoms with Crippen LogP contribution in [0.25, 0.3) is 11.4 Å². The zero-order valence-corrected chi connectivity index (χ0v) is 14.0. The highest BCUT2D eigenvalue weighted by atomic mass is 127. The smallest absolute Gasteiger partial charge is 0.264 e. The average Bonchev–Trinajstić information content (AvgIpc) is 2.34. The van der Waals surface area contributed by atoms with Crippen LogP contribution in [0.15, 0.2) is 23.0 Å². The maximum absolute atomic E-state index is 13.3. The minimum Gasteiger partial charge on any atom is -0.306 e. The number of rotatable bonds is 1. The van der Waals surface area contributed by atoms with Crippen molar-refractivity contribution in [2.45, 2.75) is 33.1 Å². The average molecular weight is 386 g/mol. The Hall–Kier alpha value is -1.24. The molecule has 0 bridgehead atoms. The number of nitrogens with one attached hydrogen (secondary N) is 1. The first-order valence-electron chi connectivity index (χ1n) is 6.27. The molecule has 0 atom stereocenters. The molecule has 2 rings (SSSR count). The Labute approximate surface area is 130 Å². The molecular formula is C15H16FIN2O. The number of hydrogen-bond acceptors (Lipinski definition) is 2. The van der Waals surface area contributed by atoms with Gasteiger partial charge in [-0.2, -0.15) is 0 Å². The molecule has 2 aromatic rings. The number of benzene rings is 1. The van der Waals surface area contributed by atoms with Gasteiger partial charge in [0, 0.05) is 11.0 Å². The fourth-order valence-electron chi connectivity index (χ4n) is 1.88. The Kier molecular flexibility index (Phi) is 4.00. The lowest BCUT2D eigenvalue weighted by molar-refractivity contribution is 0.562. The SMILES string of the molecule is Cc1cc(-c2nc(C(C)(C)C)c(I)c(=O)[nH]2)ccc1F. The molecule has 1 aromatic heterocycles. The summed E-state index contributed by atoms with van der Waals surface area (Å²) in [5.41, 5.74) is 1.60. The van der Waals surface area contributed by atoms with Crippen molar-refractivity contribution in [3.63, 3.8) is 0 Å². The van der Waals surface area contributed by atoms with E-state index in [2.05, 4.69) is 9.97 Å². The Balaban J connectivity index is 2.67. The lowest BCUT2D eigenvalue weighted by Crippen LogP contribution is -2.24. The molecule has 0 amide bonds. The predicted molar refractivity (Wildman–Crippen MR) is 86.4 cm³/mol. The number of aromatic nitrogens is 2. The van der Waals surface area contributed by atoms with Crippen LogP contribution in [0.5, 0.6) is 0 Å². The largest absolute Gasteiger partial charge is 0.306 e. The van der Waals surface area contributed by atoms with Gasteiger partial charge in [-0.15, -0.1) is 0 Å². The molecule has 0 saturated heterocycles. The Morgan fingerprint density at radius 3 is 2.50 bits per heavy atom. The highest BCUT2D eigenvalue weighted by Crippen LogP contribution is 2.25. The summed E-state index contributed by atoms with van der Waals surface area (Å²) in [6.45, 7) is 7.72. The van der Waals surface area contributed by atoms with E-state index in [0.717, 1.165) is 5.69 Å². The van der Waals surface area contributed by atoms with Crippen molar-refractivity contribution in [1.82, 2.24) is 9.97 Å². The molecule has 0 saturated carbocycles. The minimum atomic E-state index is -0.266. The zero-order chi connectivity index (χ0) is 15.1. The fourth-order valence-corrected chi connectivity index (χ4v) is 2.95. The molecule has 0 aliphatic rings. The number of nitrogens with zero attached hydrogens (tertiary/aromatic N) is 1. The van der Waals surface area contributed by atoms with Gasteiger partial charge in [0.05, 0.1) is 5.69 Å². The summed E-state index contributed by atoms with van der Waals surface area (Å²) in [5.74, 6) is 0.209. The molecule has 0 aliphatic carbocycles. The van der Waals surface area contributed by atoms with Crippen LogP contribution in [0, 0.1) is 16.3 Å². The molecule has 20 heavy (non-hydrogen) atoms. The van der Waals surface area contributed by atoms with E-state index >= 15 is 0 Å². The molecular weight excluding hydrogens is 370 g/mol. The highest BCUT2D eigenvalue weighted by molar-refractivity contribution is 14.1. The van der Waals surface area contributed by atoms with Gasteiger partial charge in [-0.3, -0.25) is 4.79 Å². The second-order valence-electron chi connectivity index (χ2n) is 5.79. The zero-order valence-electron chi connectivity index (χ0n) is 11.8. The van der Waals surface area contributed by atoms with Crippen LogP contribution in [0.3, 0.4) is 0 Å². The summed E-state index contributed by atoms with van der Waals surface area (Å²) < 4.78 is 13.9. The van der Waals surface area contributed by atoms with Gasteiger partial charge < -0.3 is 4.98 Å². The maximum atomic E-state index is 13.3. The van der Waals surface area contributed by atoms with Crippen molar-refractivity contribution in [3.05, 3.63) is 49.2 Å². The molecule has 0 radical (unpaired) electrons. The minimum absolute atomic E-state index is 0.164. The van der Waals surface area contributed by atoms with E-state index in [1.165, 1.54) is 6.07 Å². The van der Waals surface area contributed by atoms with Crippen molar-refractivity contribution in [2.75, 3.05) is 0 Å². The Morgan fingerprint density at radius 2 is 1.95 bits per heavy atom. The second kappa shape index (κ2) is 5.27. The lowest BCUT2D eigenvalue weighted by Gasteiger charge is -2.19. The van der Waals surface area contributed by atoms with Crippen LogP contribution < -0.4 is 5.56 Å². The van der Waals surface area contributed by atoms with Gasteiger partial charge in [-0.25, -0.2) is 9.37 Å². The van der Waals surface area contributed by atoms with Gasteiger partial charge in [-0.05, 0) is 53.3 Å². The maximum Gasteiger partial charge on any atom is 0.264 e. The van der Waals surface area contributed by atoms with Crippen molar-refractivity contribution in [3.8, 4) is 11.4 Å². The van der Waals surface area contributed by atoms with Gasteiger partial charge in [0.25, 0.3) is 5.56 Å². The first-order chi connectivity index (χ1) is 9.20. The molecule has 0 unspecified atom stereocenters. The fraction of sp³-hybridized carbons (Fsp3) is 0.333. The summed E-state index contributed by atoms with van der Waals surface area (Å²) in [4.78, 5) is 19.4. The summed E-state index contributed by atoms with van der Waals surface area (Å²) >= 11 is 2.01. The number of aryl methyl sites for hydroxylation is 1. The third-order valence-electron chi connectivity index (χ3n) is 3.00. The van der Waals surface area contributed by atoms with Gasteiger partial charge >= 0.3 is 0 Å². The molecule has 0 aliphatic heterocycles. The van der Waals surface area contributed by atoms with Crippen LogP contribution >= 0.6 is 22.6 Å². The van der Waals surface area contributed by atoms with Crippen LogP contribution in [-0.4, -0.2) is 9.97 Å². The molecule has 1 heterocycles. The third-order valence-corrected chi connectivity index (χ3v) is 4.01. The van der Waals surface area contributed by atoms with Crippen LogP contribution in [0.1, 0.15) is 32.0 Å². The number of aromatic amines is 1. The highest BCUT2D eigenvalue weighted by Gasteiger charge is 2.22. The van der Waals surface area contributed by atoms with E-state index in [-0.39, 0.29) is 16.8 Å². The van der Waals surface area contributed by atoms with E-state index in [1.54, 1.807) is 19.1 Å². The van der Waals surface area contributed by atoms with E-state index in [1.807, 2.05) is 43.4 Å². The summed E-state index contributed by atoms with van der Waals surface area (Å²) in [5, 5.41) is 0.